The van der Waals surface area contributed by atoms with Gasteiger partial charge in [0.05, 0.1) is 12.7 Å². The average Bonchev–Trinajstić information content (AvgIpc) is 2.76. The molecule has 1 aromatic rings. The molecular formula is C14H19BrN2O. The third kappa shape index (κ3) is 2.56. The summed E-state index contributed by atoms with van der Waals surface area (Å²) in [5, 5.41) is 0. The van der Waals surface area contributed by atoms with Crippen LogP contribution in [0.3, 0.4) is 0 Å². The minimum Gasteiger partial charge on any atom is -0.399 e. The van der Waals surface area contributed by atoms with Gasteiger partial charge in [-0.05, 0) is 43.0 Å². The van der Waals surface area contributed by atoms with Gasteiger partial charge in [0, 0.05) is 29.3 Å². The Morgan fingerprint density at radius 2 is 2.22 bits per heavy atom. The molecule has 0 bridgehead atoms. The molecule has 2 fully saturated rings. The monoisotopic (exact) mass is 310 g/mol. The standard InChI is InChI=1S/C14H19BrN2O/c15-11-6-10(7-12(16)8-11)9-17-4-5-18-14-3-1-2-13(14)17/h6-8,13-14H,1-5,9,16H2. The van der Waals surface area contributed by atoms with Crippen LogP contribution in [-0.4, -0.2) is 30.2 Å². The number of fused-ring (bicyclic) bond motifs is 1. The Hall–Kier alpha value is -0.580. The Morgan fingerprint density at radius 1 is 1.33 bits per heavy atom. The number of nitrogens with two attached hydrogens (primary N) is 1. The van der Waals surface area contributed by atoms with Crippen LogP contribution in [0.15, 0.2) is 22.7 Å². The number of rotatable bonds is 2. The van der Waals surface area contributed by atoms with Gasteiger partial charge < -0.3 is 10.5 Å². The zero-order chi connectivity index (χ0) is 12.5. The molecule has 0 radical (unpaired) electrons. The fraction of sp³-hybridized carbons (Fsp3) is 0.571. The highest BCUT2D eigenvalue weighted by Crippen LogP contribution is 2.31. The Bertz CT molecular complexity index is 418. The number of morpholine rings is 1. The number of hydrogen-bond donors (Lipinski definition) is 1. The predicted octanol–water partition coefficient (Wildman–Crippen LogP) is 2.78. The maximum atomic E-state index is 5.90. The van der Waals surface area contributed by atoms with Crippen molar-refractivity contribution in [2.24, 2.45) is 0 Å². The predicted molar refractivity (Wildman–Crippen MR) is 76.3 cm³/mol. The summed E-state index contributed by atoms with van der Waals surface area (Å²) in [7, 11) is 0. The third-order valence-corrected chi connectivity index (χ3v) is 4.42. The lowest BCUT2D eigenvalue weighted by Crippen LogP contribution is -2.47. The molecule has 0 amide bonds. The van der Waals surface area contributed by atoms with Crippen LogP contribution in [-0.2, 0) is 11.3 Å². The van der Waals surface area contributed by atoms with Gasteiger partial charge >= 0.3 is 0 Å². The van der Waals surface area contributed by atoms with E-state index in [0.717, 1.165) is 29.9 Å². The van der Waals surface area contributed by atoms with E-state index in [-0.39, 0.29) is 0 Å². The summed E-state index contributed by atoms with van der Waals surface area (Å²) in [6.07, 6.45) is 4.26. The van der Waals surface area contributed by atoms with Crippen LogP contribution in [0.4, 0.5) is 5.69 Å². The Balaban J connectivity index is 1.74. The molecule has 1 saturated heterocycles. The van der Waals surface area contributed by atoms with Gasteiger partial charge in [-0.1, -0.05) is 15.9 Å². The molecule has 1 aliphatic carbocycles. The summed E-state index contributed by atoms with van der Waals surface area (Å²) >= 11 is 3.51. The molecule has 2 atom stereocenters. The van der Waals surface area contributed by atoms with E-state index >= 15 is 0 Å². The average molecular weight is 311 g/mol. The van der Waals surface area contributed by atoms with Crippen molar-refractivity contribution in [1.82, 2.24) is 4.90 Å². The molecule has 1 aliphatic heterocycles. The van der Waals surface area contributed by atoms with Crippen molar-refractivity contribution in [3.8, 4) is 0 Å². The molecule has 0 spiro atoms. The maximum Gasteiger partial charge on any atom is 0.0731 e. The summed E-state index contributed by atoms with van der Waals surface area (Å²) in [6.45, 7) is 2.88. The van der Waals surface area contributed by atoms with Crippen LogP contribution in [0.1, 0.15) is 24.8 Å². The van der Waals surface area contributed by atoms with Gasteiger partial charge in [0.1, 0.15) is 0 Å². The first-order chi connectivity index (χ1) is 8.72. The van der Waals surface area contributed by atoms with E-state index in [1.54, 1.807) is 0 Å². The molecule has 4 heteroatoms. The Labute approximate surface area is 116 Å². The number of nitrogen functional groups attached to an aromatic ring is 1. The summed E-state index contributed by atoms with van der Waals surface area (Å²) in [5.74, 6) is 0. The number of halogens is 1. The van der Waals surface area contributed by atoms with Crippen LogP contribution in [0.5, 0.6) is 0 Å². The first-order valence-corrected chi connectivity index (χ1v) is 7.42. The van der Waals surface area contributed by atoms with Crippen molar-refractivity contribution in [1.29, 1.82) is 0 Å². The van der Waals surface area contributed by atoms with E-state index in [0.29, 0.717) is 12.1 Å². The van der Waals surface area contributed by atoms with Crippen molar-refractivity contribution in [2.75, 3.05) is 18.9 Å². The topological polar surface area (TPSA) is 38.5 Å². The molecule has 0 aromatic heterocycles. The highest BCUT2D eigenvalue weighted by molar-refractivity contribution is 9.10. The normalized spacial score (nSPS) is 28.3. The van der Waals surface area contributed by atoms with E-state index in [9.17, 15) is 0 Å². The fourth-order valence-electron chi connectivity index (χ4n) is 3.20. The van der Waals surface area contributed by atoms with Crippen LogP contribution >= 0.6 is 15.9 Å². The van der Waals surface area contributed by atoms with Crippen molar-refractivity contribution in [2.45, 2.75) is 38.0 Å². The molecule has 2 aliphatic rings. The molecule has 3 rings (SSSR count). The summed E-state index contributed by atoms with van der Waals surface area (Å²) in [5.41, 5.74) is 8.01. The van der Waals surface area contributed by atoms with Crippen LogP contribution < -0.4 is 5.73 Å². The second-order valence-corrected chi connectivity index (χ2v) is 6.19. The van der Waals surface area contributed by atoms with Crippen molar-refractivity contribution < 1.29 is 4.74 Å². The lowest BCUT2D eigenvalue weighted by atomic mass is 10.1. The van der Waals surface area contributed by atoms with Crippen molar-refractivity contribution >= 4 is 21.6 Å². The summed E-state index contributed by atoms with van der Waals surface area (Å²) in [6, 6.07) is 6.79. The summed E-state index contributed by atoms with van der Waals surface area (Å²) < 4.78 is 6.91. The number of hydrogen-bond acceptors (Lipinski definition) is 3. The molecular weight excluding hydrogens is 292 g/mol. The zero-order valence-corrected chi connectivity index (χ0v) is 12.0. The second-order valence-electron chi connectivity index (χ2n) is 5.27. The van der Waals surface area contributed by atoms with Gasteiger partial charge in [-0.2, -0.15) is 0 Å². The third-order valence-electron chi connectivity index (χ3n) is 3.96. The van der Waals surface area contributed by atoms with Crippen LogP contribution in [0.2, 0.25) is 0 Å². The van der Waals surface area contributed by atoms with Crippen molar-refractivity contribution in [3.05, 3.63) is 28.2 Å². The number of anilines is 1. The van der Waals surface area contributed by atoms with Gasteiger partial charge in [0.15, 0.2) is 0 Å². The van der Waals surface area contributed by atoms with E-state index < -0.39 is 0 Å². The Morgan fingerprint density at radius 3 is 3.06 bits per heavy atom. The number of benzene rings is 1. The minimum atomic E-state index is 0.461. The second kappa shape index (κ2) is 5.19. The van der Waals surface area contributed by atoms with E-state index in [1.807, 2.05) is 6.07 Å². The molecule has 1 heterocycles. The fourth-order valence-corrected chi connectivity index (χ4v) is 3.76. The largest absolute Gasteiger partial charge is 0.399 e. The zero-order valence-electron chi connectivity index (χ0n) is 10.4. The minimum absolute atomic E-state index is 0.461. The quantitative estimate of drug-likeness (QED) is 0.854. The van der Waals surface area contributed by atoms with Crippen LogP contribution in [0, 0.1) is 0 Å². The maximum absolute atomic E-state index is 5.90. The SMILES string of the molecule is Nc1cc(Br)cc(CN2CCOC3CCCC32)c1. The molecule has 98 valence electrons. The molecule has 1 saturated carbocycles. The van der Waals surface area contributed by atoms with Gasteiger partial charge in [0.2, 0.25) is 0 Å². The number of ether oxygens (including phenoxy) is 1. The molecule has 2 N–H and O–H groups in total. The highest BCUT2D eigenvalue weighted by Gasteiger charge is 2.35. The first-order valence-electron chi connectivity index (χ1n) is 6.63. The molecule has 1 aromatic carbocycles. The molecule has 18 heavy (non-hydrogen) atoms. The number of nitrogens with zero attached hydrogens (tertiary/aromatic N) is 1. The van der Waals surface area contributed by atoms with E-state index in [1.165, 1.54) is 24.8 Å². The van der Waals surface area contributed by atoms with Gasteiger partial charge in [-0.25, -0.2) is 0 Å². The lowest BCUT2D eigenvalue weighted by Gasteiger charge is -2.37. The lowest BCUT2D eigenvalue weighted by molar-refractivity contribution is -0.0588. The van der Waals surface area contributed by atoms with Gasteiger partial charge in [-0.3, -0.25) is 4.90 Å². The van der Waals surface area contributed by atoms with Gasteiger partial charge in [0.25, 0.3) is 0 Å². The molecule has 3 nitrogen and oxygen atoms in total. The van der Waals surface area contributed by atoms with E-state index in [4.69, 9.17) is 10.5 Å². The van der Waals surface area contributed by atoms with Crippen molar-refractivity contribution in [3.63, 3.8) is 0 Å². The summed E-state index contributed by atoms with van der Waals surface area (Å²) in [4.78, 5) is 2.56. The van der Waals surface area contributed by atoms with Crippen LogP contribution in [0.25, 0.3) is 0 Å². The van der Waals surface area contributed by atoms with Gasteiger partial charge in [-0.15, -0.1) is 0 Å². The highest BCUT2D eigenvalue weighted by atomic mass is 79.9. The smallest absolute Gasteiger partial charge is 0.0731 e. The van der Waals surface area contributed by atoms with E-state index in [2.05, 4.69) is 33.0 Å². The molecule has 2 unspecified atom stereocenters. The first kappa shape index (κ1) is 12.5. The Kier molecular flexibility index (Phi) is 3.59.